The van der Waals surface area contributed by atoms with Gasteiger partial charge in [0.15, 0.2) is 0 Å². The van der Waals surface area contributed by atoms with Gasteiger partial charge in [0.1, 0.15) is 0 Å². The van der Waals surface area contributed by atoms with Crippen LogP contribution in [0.5, 0.6) is 0 Å². The van der Waals surface area contributed by atoms with Crippen LogP contribution in [-0.2, 0) is 0 Å². The Labute approximate surface area is 70.6 Å². The molecule has 2 atom stereocenters. The van der Waals surface area contributed by atoms with Gasteiger partial charge in [-0.15, -0.1) is 12.3 Å². The first-order chi connectivity index (χ1) is 5.07. The first kappa shape index (κ1) is 10.5. The van der Waals surface area contributed by atoms with Crippen LogP contribution in [-0.4, -0.2) is 12.1 Å². The molecule has 0 spiro atoms. The molecule has 0 amide bonds. The molecule has 0 aromatic rings. The lowest BCUT2D eigenvalue weighted by atomic mass is 10.1. The first-order valence-electron chi connectivity index (χ1n) is 4.27. The third-order valence-corrected chi connectivity index (χ3v) is 1.97. The van der Waals surface area contributed by atoms with Crippen LogP contribution >= 0.6 is 0 Å². The molecule has 0 saturated heterocycles. The van der Waals surface area contributed by atoms with Gasteiger partial charge in [-0.3, -0.25) is 0 Å². The molecule has 0 aromatic heterocycles. The minimum atomic E-state index is 0.442. The lowest BCUT2D eigenvalue weighted by molar-refractivity contribution is 0.386. The van der Waals surface area contributed by atoms with Crippen LogP contribution in [0.1, 0.15) is 34.1 Å². The van der Waals surface area contributed by atoms with Crippen LogP contribution in [0.15, 0.2) is 0 Å². The van der Waals surface area contributed by atoms with Gasteiger partial charge in [-0.05, 0) is 19.8 Å². The van der Waals surface area contributed by atoms with Crippen molar-refractivity contribution in [3.8, 4) is 12.3 Å². The largest absolute Gasteiger partial charge is 0.311 e. The number of rotatable bonds is 4. The van der Waals surface area contributed by atoms with Gasteiger partial charge in [-0.2, -0.15) is 0 Å². The van der Waals surface area contributed by atoms with Gasteiger partial charge < -0.3 is 5.32 Å². The lowest BCUT2D eigenvalue weighted by Gasteiger charge is -2.21. The highest BCUT2D eigenvalue weighted by molar-refractivity contribution is 4.88. The maximum atomic E-state index is 5.19. The zero-order chi connectivity index (χ0) is 8.85. The van der Waals surface area contributed by atoms with E-state index in [0.29, 0.717) is 18.0 Å². The summed E-state index contributed by atoms with van der Waals surface area (Å²) in [4.78, 5) is 0. The Morgan fingerprint density at radius 1 is 1.27 bits per heavy atom. The van der Waals surface area contributed by atoms with Crippen LogP contribution in [0.3, 0.4) is 0 Å². The van der Waals surface area contributed by atoms with Gasteiger partial charge in [0.2, 0.25) is 0 Å². The fraction of sp³-hybridized carbons (Fsp3) is 0.800. The monoisotopic (exact) mass is 153 g/mol. The Morgan fingerprint density at radius 2 is 1.82 bits per heavy atom. The molecular formula is C10H19N. The SMILES string of the molecule is C#CCC(C)NC(C)C(C)C. The Kier molecular flexibility index (Phi) is 4.98. The molecule has 2 unspecified atom stereocenters. The van der Waals surface area contributed by atoms with Crippen molar-refractivity contribution in [2.75, 3.05) is 0 Å². The van der Waals surface area contributed by atoms with Crippen molar-refractivity contribution in [3.63, 3.8) is 0 Å². The molecule has 0 aliphatic carbocycles. The van der Waals surface area contributed by atoms with Crippen molar-refractivity contribution in [1.29, 1.82) is 0 Å². The van der Waals surface area contributed by atoms with E-state index >= 15 is 0 Å². The summed E-state index contributed by atoms with van der Waals surface area (Å²) in [7, 11) is 0. The second-order valence-corrected chi connectivity index (χ2v) is 3.51. The van der Waals surface area contributed by atoms with Gasteiger partial charge >= 0.3 is 0 Å². The summed E-state index contributed by atoms with van der Waals surface area (Å²) in [5.41, 5.74) is 0. The van der Waals surface area contributed by atoms with Crippen molar-refractivity contribution in [2.24, 2.45) is 5.92 Å². The molecule has 1 heteroatoms. The quantitative estimate of drug-likeness (QED) is 0.609. The number of terminal acetylenes is 1. The van der Waals surface area contributed by atoms with Crippen LogP contribution in [0, 0.1) is 18.3 Å². The Balaban J connectivity index is 3.58. The zero-order valence-electron chi connectivity index (χ0n) is 8.02. The second-order valence-electron chi connectivity index (χ2n) is 3.51. The highest BCUT2D eigenvalue weighted by atomic mass is 14.9. The molecular weight excluding hydrogens is 134 g/mol. The fourth-order valence-electron chi connectivity index (χ4n) is 0.877. The molecule has 0 saturated carbocycles. The second kappa shape index (κ2) is 5.21. The predicted molar refractivity (Wildman–Crippen MR) is 50.3 cm³/mol. The molecule has 1 N–H and O–H groups in total. The average molecular weight is 153 g/mol. The van der Waals surface area contributed by atoms with E-state index in [1.807, 2.05) is 0 Å². The van der Waals surface area contributed by atoms with Gasteiger partial charge in [-0.25, -0.2) is 0 Å². The van der Waals surface area contributed by atoms with E-state index in [1.165, 1.54) is 0 Å². The van der Waals surface area contributed by atoms with E-state index in [4.69, 9.17) is 6.42 Å². The third-order valence-electron chi connectivity index (χ3n) is 1.97. The number of hydrogen-bond donors (Lipinski definition) is 1. The molecule has 0 radical (unpaired) electrons. The Hall–Kier alpha value is -0.480. The summed E-state index contributed by atoms with van der Waals surface area (Å²) < 4.78 is 0. The molecule has 0 aliphatic rings. The van der Waals surface area contributed by atoms with Crippen molar-refractivity contribution < 1.29 is 0 Å². The van der Waals surface area contributed by atoms with Gasteiger partial charge in [0.25, 0.3) is 0 Å². The lowest BCUT2D eigenvalue weighted by Crippen LogP contribution is -2.37. The summed E-state index contributed by atoms with van der Waals surface area (Å²) in [6.45, 7) is 8.73. The number of hydrogen-bond acceptors (Lipinski definition) is 1. The van der Waals surface area contributed by atoms with Crippen LogP contribution in [0.25, 0.3) is 0 Å². The van der Waals surface area contributed by atoms with Crippen molar-refractivity contribution in [2.45, 2.75) is 46.2 Å². The summed E-state index contributed by atoms with van der Waals surface area (Å²) in [5, 5.41) is 3.44. The number of nitrogens with one attached hydrogen (secondary N) is 1. The molecule has 0 aliphatic heterocycles. The highest BCUT2D eigenvalue weighted by Gasteiger charge is 2.08. The molecule has 0 bridgehead atoms. The molecule has 0 aromatic carbocycles. The molecule has 0 fully saturated rings. The van der Waals surface area contributed by atoms with Gasteiger partial charge in [0, 0.05) is 18.5 Å². The van der Waals surface area contributed by atoms with Crippen LogP contribution in [0.4, 0.5) is 0 Å². The van der Waals surface area contributed by atoms with Crippen molar-refractivity contribution in [3.05, 3.63) is 0 Å². The maximum Gasteiger partial charge on any atom is 0.0238 e. The van der Waals surface area contributed by atoms with Crippen molar-refractivity contribution in [1.82, 2.24) is 5.32 Å². The molecule has 0 heterocycles. The molecule has 11 heavy (non-hydrogen) atoms. The smallest absolute Gasteiger partial charge is 0.0238 e. The van der Waals surface area contributed by atoms with E-state index in [2.05, 4.69) is 38.9 Å². The van der Waals surface area contributed by atoms with E-state index in [-0.39, 0.29) is 0 Å². The topological polar surface area (TPSA) is 12.0 Å². The minimum Gasteiger partial charge on any atom is -0.311 e. The summed E-state index contributed by atoms with van der Waals surface area (Å²) >= 11 is 0. The highest BCUT2D eigenvalue weighted by Crippen LogP contribution is 2.02. The summed E-state index contributed by atoms with van der Waals surface area (Å²) in [6.07, 6.45) is 6.01. The standard InChI is InChI=1S/C10H19N/c1-6-7-9(4)11-10(5)8(2)3/h1,8-11H,7H2,2-5H3. The first-order valence-corrected chi connectivity index (χ1v) is 4.27. The summed E-state index contributed by atoms with van der Waals surface area (Å²) in [6, 6.07) is 0.996. The predicted octanol–water partition coefficient (Wildman–Crippen LogP) is 2.03. The van der Waals surface area contributed by atoms with E-state index in [0.717, 1.165) is 6.42 Å². The Bertz CT molecular complexity index is 132. The van der Waals surface area contributed by atoms with E-state index in [1.54, 1.807) is 0 Å². The zero-order valence-corrected chi connectivity index (χ0v) is 8.02. The van der Waals surface area contributed by atoms with E-state index in [9.17, 15) is 0 Å². The molecule has 0 rings (SSSR count). The Morgan fingerprint density at radius 3 is 2.18 bits per heavy atom. The molecule has 1 nitrogen and oxygen atoms in total. The van der Waals surface area contributed by atoms with Crippen LogP contribution in [0.2, 0.25) is 0 Å². The summed E-state index contributed by atoms with van der Waals surface area (Å²) in [5.74, 6) is 3.33. The van der Waals surface area contributed by atoms with Gasteiger partial charge in [-0.1, -0.05) is 13.8 Å². The fourth-order valence-corrected chi connectivity index (χ4v) is 0.877. The van der Waals surface area contributed by atoms with E-state index < -0.39 is 0 Å². The third kappa shape index (κ3) is 4.86. The van der Waals surface area contributed by atoms with Gasteiger partial charge in [0.05, 0.1) is 0 Å². The van der Waals surface area contributed by atoms with Crippen LogP contribution < -0.4 is 5.32 Å². The minimum absolute atomic E-state index is 0.442. The average Bonchev–Trinajstić information content (AvgIpc) is 1.87. The maximum absolute atomic E-state index is 5.19. The van der Waals surface area contributed by atoms with Crippen molar-refractivity contribution >= 4 is 0 Å². The normalized spacial score (nSPS) is 16.0. The molecule has 64 valence electrons.